The van der Waals surface area contributed by atoms with Gasteiger partial charge < -0.3 is 5.32 Å². The minimum absolute atomic E-state index is 0.269. The molecule has 0 aliphatic carbocycles. The molecule has 1 saturated heterocycles. The first-order valence-electron chi connectivity index (χ1n) is 3.86. The zero-order chi connectivity index (χ0) is 9.68. The van der Waals surface area contributed by atoms with Crippen LogP contribution in [0.5, 0.6) is 0 Å². The molecule has 1 heterocycles. The lowest BCUT2D eigenvalue weighted by molar-refractivity contribution is -0.115. The molecule has 1 aliphatic heterocycles. The Morgan fingerprint density at radius 1 is 1.08 bits per heavy atom. The fourth-order valence-corrected chi connectivity index (χ4v) is 0.825. The molecule has 0 bridgehead atoms. The maximum absolute atomic E-state index is 10.9. The van der Waals surface area contributed by atoms with E-state index in [1.54, 1.807) is 18.2 Å². The Bertz CT molecular complexity index is 314. The predicted molar refractivity (Wildman–Crippen MR) is 48.7 cm³/mol. The van der Waals surface area contributed by atoms with Crippen molar-refractivity contribution in [3.63, 3.8) is 0 Å². The lowest BCUT2D eigenvalue weighted by atomic mass is 10.3. The van der Waals surface area contributed by atoms with Crippen molar-refractivity contribution in [3.8, 4) is 0 Å². The fraction of sp³-hybridized carbons (Fsp3) is 0.111. The van der Waals surface area contributed by atoms with Crippen LogP contribution in [0.3, 0.4) is 0 Å². The van der Waals surface area contributed by atoms with E-state index in [1.165, 1.54) is 0 Å². The van der Waals surface area contributed by atoms with Gasteiger partial charge in [-0.15, -0.1) is 0 Å². The fourth-order valence-electron chi connectivity index (χ4n) is 0.825. The van der Waals surface area contributed by atoms with Crippen molar-refractivity contribution >= 4 is 11.9 Å². The number of amides is 3. The van der Waals surface area contributed by atoms with Crippen molar-refractivity contribution in [1.29, 1.82) is 0 Å². The molecule has 4 heteroatoms. The van der Waals surface area contributed by atoms with Crippen LogP contribution in [0, 0.1) is 0 Å². The van der Waals surface area contributed by atoms with Gasteiger partial charge in [0.2, 0.25) is 0 Å². The van der Waals surface area contributed by atoms with Gasteiger partial charge >= 0.3 is 6.03 Å². The highest BCUT2D eigenvalue weighted by Gasteiger charge is 2.21. The third-order valence-corrected chi connectivity index (χ3v) is 1.40. The number of nitrogens with one attached hydrogen (secondary N) is 2. The van der Waals surface area contributed by atoms with Crippen molar-refractivity contribution in [3.05, 3.63) is 36.1 Å². The molecule has 1 rings (SSSR count). The Labute approximate surface area is 76.0 Å². The average molecular weight is 178 g/mol. The standard InChI is InChI=1S/C9H10N2O2/c1-2-3-4-5-6-7-8(12)11-9(13)10-7/h2-6H,1H3,(H2,10,11,12,13). The van der Waals surface area contributed by atoms with Gasteiger partial charge in [-0.05, 0) is 13.0 Å². The molecule has 0 radical (unpaired) electrons. The van der Waals surface area contributed by atoms with E-state index >= 15 is 0 Å². The van der Waals surface area contributed by atoms with E-state index in [1.807, 2.05) is 19.1 Å². The van der Waals surface area contributed by atoms with E-state index in [4.69, 9.17) is 0 Å². The molecule has 0 aromatic carbocycles. The van der Waals surface area contributed by atoms with E-state index in [0.29, 0.717) is 0 Å². The van der Waals surface area contributed by atoms with Crippen LogP contribution >= 0.6 is 0 Å². The number of rotatable bonds is 2. The molecule has 0 saturated carbocycles. The van der Waals surface area contributed by atoms with E-state index in [0.717, 1.165) is 0 Å². The Morgan fingerprint density at radius 3 is 2.38 bits per heavy atom. The first-order valence-corrected chi connectivity index (χ1v) is 3.86. The molecule has 2 N–H and O–H groups in total. The third-order valence-electron chi connectivity index (χ3n) is 1.40. The molecular weight excluding hydrogens is 168 g/mol. The molecule has 0 spiro atoms. The van der Waals surface area contributed by atoms with Gasteiger partial charge in [0.25, 0.3) is 5.91 Å². The Morgan fingerprint density at radius 2 is 1.85 bits per heavy atom. The summed E-state index contributed by atoms with van der Waals surface area (Å²) in [5.74, 6) is -0.393. The number of urea groups is 1. The summed E-state index contributed by atoms with van der Waals surface area (Å²) in [4.78, 5) is 21.6. The lowest BCUT2D eigenvalue weighted by Crippen LogP contribution is -2.22. The summed E-state index contributed by atoms with van der Waals surface area (Å²) >= 11 is 0. The van der Waals surface area contributed by atoms with Gasteiger partial charge in [0.15, 0.2) is 0 Å². The monoisotopic (exact) mass is 178 g/mol. The molecule has 1 aliphatic rings. The summed E-state index contributed by atoms with van der Waals surface area (Å²) in [5, 5.41) is 4.47. The largest absolute Gasteiger partial charge is 0.326 e. The van der Waals surface area contributed by atoms with Crippen molar-refractivity contribution in [2.45, 2.75) is 6.92 Å². The molecule has 1 fully saturated rings. The Hall–Kier alpha value is -1.84. The first-order chi connectivity index (χ1) is 6.24. The number of allylic oxidation sites excluding steroid dienone is 5. The van der Waals surface area contributed by atoms with Crippen LogP contribution in [0.1, 0.15) is 6.92 Å². The number of hydrogen-bond donors (Lipinski definition) is 2. The van der Waals surface area contributed by atoms with Crippen LogP contribution in [-0.2, 0) is 4.79 Å². The van der Waals surface area contributed by atoms with Gasteiger partial charge in [0, 0.05) is 0 Å². The van der Waals surface area contributed by atoms with Crippen molar-refractivity contribution < 1.29 is 9.59 Å². The van der Waals surface area contributed by atoms with Gasteiger partial charge in [-0.3, -0.25) is 10.1 Å². The molecule has 68 valence electrons. The highest BCUT2D eigenvalue weighted by atomic mass is 16.2. The number of carbonyl (C=O) groups excluding carboxylic acids is 2. The van der Waals surface area contributed by atoms with Crippen molar-refractivity contribution in [2.24, 2.45) is 0 Å². The lowest BCUT2D eigenvalue weighted by Gasteiger charge is -1.87. The van der Waals surface area contributed by atoms with Crippen LogP contribution in [0.25, 0.3) is 0 Å². The topological polar surface area (TPSA) is 58.2 Å². The Balaban J connectivity index is 2.62. The average Bonchev–Trinajstić information content (AvgIpc) is 2.39. The van der Waals surface area contributed by atoms with E-state index < -0.39 is 11.9 Å². The van der Waals surface area contributed by atoms with Crippen LogP contribution in [0.2, 0.25) is 0 Å². The van der Waals surface area contributed by atoms with E-state index in [2.05, 4.69) is 10.6 Å². The maximum Gasteiger partial charge on any atom is 0.326 e. The second kappa shape index (κ2) is 4.25. The highest BCUT2D eigenvalue weighted by Crippen LogP contribution is 1.97. The van der Waals surface area contributed by atoms with Crippen molar-refractivity contribution in [2.75, 3.05) is 0 Å². The first kappa shape index (κ1) is 9.25. The van der Waals surface area contributed by atoms with Gasteiger partial charge in [-0.1, -0.05) is 24.3 Å². The molecule has 0 unspecified atom stereocenters. The number of carbonyl (C=O) groups is 2. The number of hydrogen-bond acceptors (Lipinski definition) is 2. The SMILES string of the molecule is CC=CC=CC=C1NC(=O)NC1=O. The predicted octanol–water partition coefficient (Wildman–Crippen LogP) is 0.842. The molecule has 0 atom stereocenters. The van der Waals surface area contributed by atoms with Crippen LogP contribution in [0.4, 0.5) is 4.79 Å². The molecular formula is C9H10N2O2. The van der Waals surface area contributed by atoms with Gasteiger partial charge in [-0.25, -0.2) is 4.79 Å². The molecule has 3 amide bonds. The van der Waals surface area contributed by atoms with Crippen LogP contribution in [0.15, 0.2) is 36.1 Å². The third kappa shape index (κ3) is 2.59. The second-order valence-electron chi connectivity index (χ2n) is 2.40. The van der Waals surface area contributed by atoms with Crippen LogP contribution in [-0.4, -0.2) is 11.9 Å². The summed E-state index contributed by atoms with van der Waals surface area (Å²) in [6, 6.07) is -0.476. The van der Waals surface area contributed by atoms with E-state index in [9.17, 15) is 9.59 Å². The quantitative estimate of drug-likeness (QED) is 0.374. The summed E-state index contributed by atoms with van der Waals surface area (Å²) in [7, 11) is 0. The van der Waals surface area contributed by atoms with Gasteiger partial charge in [0.05, 0.1) is 0 Å². The zero-order valence-corrected chi connectivity index (χ0v) is 7.20. The van der Waals surface area contributed by atoms with Crippen LogP contribution < -0.4 is 10.6 Å². The number of imide groups is 1. The molecule has 0 aromatic rings. The van der Waals surface area contributed by atoms with E-state index in [-0.39, 0.29) is 5.70 Å². The smallest absolute Gasteiger partial charge is 0.303 e. The maximum atomic E-state index is 10.9. The minimum atomic E-state index is -0.476. The van der Waals surface area contributed by atoms with Crippen molar-refractivity contribution in [1.82, 2.24) is 10.6 Å². The second-order valence-corrected chi connectivity index (χ2v) is 2.40. The summed E-state index contributed by atoms with van der Waals surface area (Å²) in [6.07, 6.45) is 8.68. The van der Waals surface area contributed by atoms with Gasteiger partial charge in [0.1, 0.15) is 5.70 Å². The molecule has 13 heavy (non-hydrogen) atoms. The summed E-state index contributed by atoms with van der Waals surface area (Å²) in [6.45, 7) is 1.89. The minimum Gasteiger partial charge on any atom is -0.303 e. The van der Waals surface area contributed by atoms with Gasteiger partial charge in [-0.2, -0.15) is 0 Å². The normalized spacial score (nSPS) is 20.2. The summed E-state index contributed by atoms with van der Waals surface area (Å²) < 4.78 is 0. The highest BCUT2D eigenvalue weighted by molar-refractivity contribution is 6.11. The Kier molecular flexibility index (Phi) is 3.03. The molecule has 0 aromatic heterocycles. The molecule has 4 nitrogen and oxygen atoms in total. The summed E-state index contributed by atoms with van der Waals surface area (Å²) in [5.41, 5.74) is 0.269. The zero-order valence-electron chi connectivity index (χ0n) is 7.20.